The lowest BCUT2D eigenvalue weighted by molar-refractivity contribution is -0.646. The number of piperazine rings is 1. The smallest absolute Gasteiger partial charge is 0.214 e. The quantitative estimate of drug-likeness (QED) is 0.376. The molecule has 1 aliphatic rings. The molecule has 158 valence electrons. The molecular formula is C25H31IN4. The number of halogens is 1. The van der Waals surface area contributed by atoms with Crippen LogP contribution in [0.1, 0.15) is 11.3 Å². The minimum Gasteiger partial charge on any atom is -1.00 e. The second-order valence-corrected chi connectivity index (χ2v) is 8.14. The summed E-state index contributed by atoms with van der Waals surface area (Å²) in [6.07, 6.45) is 4.44. The molecule has 0 N–H and O–H groups in total. The van der Waals surface area contributed by atoms with Crippen LogP contribution < -0.4 is 38.3 Å². The van der Waals surface area contributed by atoms with Crippen molar-refractivity contribution in [3.05, 3.63) is 65.9 Å². The first kappa shape index (κ1) is 22.6. The summed E-state index contributed by atoms with van der Waals surface area (Å²) in [5, 5.41) is 1.33. The molecule has 1 aromatic heterocycles. The largest absolute Gasteiger partial charge is 1.00 e. The average molecular weight is 514 g/mol. The number of hydrogen-bond acceptors (Lipinski definition) is 3. The first-order valence-electron chi connectivity index (χ1n) is 10.3. The maximum Gasteiger partial charge on any atom is 0.214 e. The van der Waals surface area contributed by atoms with Gasteiger partial charge in [-0.3, -0.25) is 0 Å². The number of anilines is 2. The predicted molar refractivity (Wildman–Crippen MR) is 125 cm³/mol. The Labute approximate surface area is 197 Å². The van der Waals surface area contributed by atoms with E-state index in [1.165, 1.54) is 33.5 Å². The fourth-order valence-electron chi connectivity index (χ4n) is 3.97. The van der Waals surface area contributed by atoms with Crippen LogP contribution in [0.5, 0.6) is 0 Å². The Morgan fingerprint density at radius 1 is 0.900 bits per heavy atom. The highest BCUT2D eigenvalue weighted by Crippen LogP contribution is 2.27. The topological polar surface area (TPSA) is 13.6 Å². The van der Waals surface area contributed by atoms with Crippen LogP contribution >= 0.6 is 0 Å². The van der Waals surface area contributed by atoms with Gasteiger partial charge in [-0.2, -0.15) is 4.57 Å². The molecule has 0 bridgehead atoms. The van der Waals surface area contributed by atoms with Crippen LogP contribution in [0.2, 0.25) is 0 Å². The summed E-state index contributed by atoms with van der Waals surface area (Å²) in [4.78, 5) is 7.06. The van der Waals surface area contributed by atoms with Gasteiger partial charge in [0, 0.05) is 64.2 Å². The third-order valence-corrected chi connectivity index (χ3v) is 5.91. The third kappa shape index (κ3) is 4.78. The number of benzene rings is 2. The molecule has 0 atom stereocenters. The maximum absolute atomic E-state index is 2.53. The summed E-state index contributed by atoms with van der Waals surface area (Å²) in [6.45, 7) is 4.37. The molecule has 3 aromatic rings. The third-order valence-electron chi connectivity index (χ3n) is 5.91. The van der Waals surface area contributed by atoms with Gasteiger partial charge in [-0.05, 0) is 36.9 Å². The van der Waals surface area contributed by atoms with Crippen molar-refractivity contribution in [3.8, 4) is 0 Å². The molecule has 0 spiro atoms. The van der Waals surface area contributed by atoms with E-state index < -0.39 is 0 Å². The Balaban J connectivity index is 0.00000256. The van der Waals surface area contributed by atoms with Gasteiger partial charge in [0.1, 0.15) is 7.05 Å². The Kier molecular flexibility index (Phi) is 7.36. The van der Waals surface area contributed by atoms with E-state index in [-0.39, 0.29) is 24.0 Å². The van der Waals surface area contributed by atoms with Gasteiger partial charge < -0.3 is 38.7 Å². The van der Waals surface area contributed by atoms with Gasteiger partial charge in [0.05, 0.1) is 11.1 Å². The molecule has 4 rings (SSSR count). The van der Waals surface area contributed by atoms with E-state index in [9.17, 15) is 0 Å². The number of pyridine rings is 1. The SMILES string of the molecule is CN1CCN(c2cc(/C=C/c3ccc(N(C)C)cc3)[n+](C)c3ccccc23)CC1.[I-]. The van der Waals surface area contributed by atoms with Crippen molar-refractivity contribution in [1.29, 1.82) is 0 Å². The number of hydrogen-bond donors (Lipinski definition) is 0. The number of nitrogens with zero attached hydrogens (tertiary/aromatic N) is 4. The highest BCUT2D eigenvalue weighted by Gasteiger charge is 2.21. The number of likely N-dealkylation sites (N-methyl/N-ethyl adjacent to an activating group) is 1. The standard InChI is InChI=1S/C25H31N4.HI/c1-26(2)21-12-9-20(10-13-21)11-14-22-19-25(29-17-15-27(3)16-18-29)23-7-5-6-8-24(23)28(22)4;/h5-14,19H,15-18H2,1-4H3;1H/q+1;/p-1. The Morgan fingerprint density at radius 3 is 2.23 bits per heavy atom. The van der Waals surface area contributed by atoms with E-state index in [4.69, 9.17) is 0 Å². The first-order valence-corrected chi connectivity index (χ1v) is 10.3. The maximum atomic E-state index is 2.53. The molecule has 1 aliphatic heterocycles. The number of aryl methyl sites for hydroxylation is 1. The Hall–Kier alpha value is -2.12. The van der Waals surface area contributed by atoms with Crippen molar-refractivity contribution < 1.29 is 28.5 Å². The monoisotopic (exact) mass is 514 g/mol. The zero-order chi connectivity index (χ0) is 20.4. The first-order chi connectivity index (χ1) is 14.0. The summed E-state index contributed by atoms with van der Waals surface area (Å²) in [7, 11) is 8.50. The minimum absolute atomic E-state index is 0. The normalized spacial score (nSPS) is 14.9. The van der Waals surface area contributed by atoms with Crippen molar-refractivity contribution in [2.45, 2.75) is 0 Å². The van der Waals surface area contributed by atoms with Crippen LogP contribution in [0.25, 0.3) is 23.1 Å². The van der Waals surface area contributed by atoms with E-state index in [1.807, 2.05) is 0 Å². The van der Waals surface area contributed by atoms with E-state index in [1.54, 1.807) is 0 Å². The zero-order valence-electron chi connectivity index (χ0n) is 18.3. The summed E-state index contributed by atoms with van der Waals surface area (Å²) >= 11 is 0. The predicted octanol–water partition coefficient (Wildman–Crippen LogP) is 0.657. The van der Waals surface area contributed by atoms with Crippen LogP contribution in [-0.4, -0.2) is 52.2 Å². The Morgan fingerprint density at radius 2 is 1.57 bits per heavy atom. The van der Waals surface area contributed by atoms with Gasteiger partial charge in [0.2, 0.25) is 11.2 Å². The molecule has 2 aromatic carbocycles. The van der Waals surface area contributed by atoms with E-state index in [0.717, 1.165) is 26.2 Å². The number of aromatic nitrogens is 1. The van der Waals surface area contributed by atoms with Crippen LogP contribution in [0.4, 0.5) is 11.4 Å². The number of fused-ring (bicyclic) bond motifs is 1. The van der Waals surface area contributed by atoms with E-state index >= 15 is 0 Å². The van der Waals surface area contributed by atoms with Gasteiger partial charge in [0.15, 0.2) is 0 Å². The van der Waals surface area contributed by atoms with Crippen LogP contribution in [0.15, 0.2) is 54.6 Å². The molecule has 0 unspecified atom stereocenters. The molecule has 0 amide bonds. The van der Waals surface area contributed by atoms with Crippen molar-refractivity contribution >= 4 is 34.4 Å². The van der Waals surface area contributed by atoms with Gasteiger partial charge >= 0.3 is 0 Å². The van der Waals surface area contributed by atoms with Crippen LogP contribution in [0, 0.1) is 0 Å². The molecule has 0 saturated carbocycles. The van der Waals surface area contributed by atoms with Crippen LogP contribution in [-0.2, 0) is 7.05 Å². The fourth-order valence-corrected chi connectivity index (χ4v) is 3.97. The van der Waals surface area contributed by atoms with Crippen molar-refractivity contribution in [1.82, 2.24) is 4.90 Å². The lowest BCUT2D eigenvalue weighted by atomic mass is 10.1. The summed E-state index contributed by atoms with van der Waals surface area (Å²) < 4.78 is 2.29. The lowest BCUT2D eigenvalue weighted by Crippen LogP contribution is -3.00. The molecule has 0 radical (unpaired) electrons. The molecule has 2 heterocycles. The average Bonchev–Trinajstić information content (AvgIpc) is 2.74. The molecule has 30 heavy (non-hydrogen) atoms. The minimum atomic E-state index is 0. The van der Waals surface area contributed by atoms with Crippen LogP contribution in [0.3, 0.4) is 0 Å². The highest BCUT2D eigenvalue weighted by atomic mass is 127. The molecule has 0 aliphatic carbocycles. The summed E-state index contributed by atoms with van der Waals surface area (Å²) in [6, 6.07) is 19.8. The Bertz CT molecular complexity index is 1020. The molecule has 1 fully saturated rings. The van der Waals surface area contributed by atoms with Gasteiger partial charge in [-0.15, -0.1) is 0 Å². The summed E-state index contributed by atoms with van der Waals surface area (Å²) in [5.74, 6) is 0. The number of rotatable bonds is 4. The van der Waals surface area contributed by atoms with Crippen molar-refractivity contribution in [2.75, 3.05) is 57.1 Å². The molecular weight excluding hydrogens is 483 g/mol. The molecule has 4 nitrogen and oxygen atoms in total. The summed E-state index contributed by atoms with van der Waals surface area (Å²) in [5.41, 5.74) is 6.26. The van der Waals surface area contributed by atoms with Crippen molar-refractivity contribution in [2.24, 2.45) is 7.05 Å². The fraction of sp³-hybridized carbons (Fsp3) is 0.320. The second kappa shape index (κ2) is 9.79. The van der Waals surface area contributed by atoms with Gasteiger partial charge in [-0.25, -0.2) is 0 Å². The van der Waals surface area contributed by atoms with E-state index in [2.05, 4.69) is 114 Å². The highest BCUT2D eigenvalue weighted by molar-refractivity contribution is 5.91. The number of para-hydroxylation sites is 1. The van der Waals surface area contributed by atoms with Gasteiger partial charge in [0.25, 0.3) is 0 Å². The zero-order valence-corrected chi connectivity index (χ0v) is 20.5. The van der Waals surface area contributed by atoms with E-state index in [0.29, 0.717) is 0 Å². The molecule has 1 saturated heterocycles. The molecule has 5 heteroatoms. The second-order valence-electron chi connectivity index (χ2n) is 8.14. The van der Waals surface area contributed by atoms with Crippen molar-refractivity contribution in [3.63, 3.8) is 0 Å². The van der Waals surface area contributed by atoms with Gasteiger partial charge in [-0.1, -0.05) is 24.3 Å². The lowest BCUT2D eigenvalue weighted by Gasteiger charge is -2.34.